The molecule has 1 spiro atoms. The number of piperidine rings is 1. The molecule has 0 radical (unpaired) electrons. The number of nitrogens with two attached hydrogens (primary N) is 2. The van der Waals surface area contributed by atoms with Gasteiger partial charge in [-0.2, -0.15) is 0 Å². The summed E-state index contributed by atoms with van der Waals surface area (Å²) in [4.78, 5) is 28.0. The molecular weight excluding hydrogens is 534 g/mol. The maximum absolute atomic E-state index is 11.5. The van der Waals surface area contributed by atoms with E-state index in [0.717, 1.165) is 54.1 Å². The van der Waals surface area contributed by atoms with E-state index in [1.165, 1.54) is 17.3 Å². The van der Waals surface area contributed by atoms with Gasteiger partial charge in [0.25, 0.3) is 5.91 Å². The Bertz CT molecular complexity index is 1500. The van der Waals surface area contributed by atoms with Gasteiger partial charge in [0.2, 0.25) is 0 Å². The lowest BCUT2D eigenvalue weighted by Crippen LogP contribution is -2.45. The largest absolute Gasteiger partial charge is 0.390 e. The molecule has 1 amide bonds. The minimum Gasteiger partial charge on any atom is -0.390 e. The minimum absolute atomic E-state index is 0.0542. The van der Waals surface area contributed by atoms with Crippen molar-refractivity contribution < 1.29 is 9.90 Å². The van der Waals surface area contributed by atoms with Gasteiger partial charge in [0.1, 0.15) is 16.5 Å². The number of fused-ring (bicyclic) bond motifs is 1. The van der Waals surface area contributed by atoms with Gasteiger partial charge in [-0.05, 0) is 60.9 Å². The van der Waals surface area contributed by atoms with E-state index in [1.54, 1.807) is 19.3 Å². The second-order valence-corrected chi connectivity index (χ2v) is 11.3. The average molecular weight is 564 g/mol. The number of hydrogen-bond acceptors (Lipinski definition) is 9. The van der Waals surface area contributed by atoms with Crippen LogP contribution < -0.4 is 21.7 Å². The summed E-state index contributed by atoms with van der Waals surface area (Å²) >= 11 is 7.67. The van der Waals surface area contributed by atoms with Crippen LogP contribution >= 0.6 is 23.4 Å². The molecule has 1 saturated heterocycles. The zero-order valence-electron chi connectivity index (χ0n) is 21.8. The van der Waals surface area contributed by atoms with E-state index in [-0.39, 0.29) is 29.8 Å². The number of halogens is 1. The van der Waals surface area contributed by atoms with Crippen LogP contribution in [0, 0.1) is 24.2 Å². The first-order valence-corrected chi connectivity index (χ1v) is 13.9. The van der Waals surface area contributed by atoms with Crippen LogP contribution in [0.5, 0.6) is 0 Å². The van der Waals surface area contributed by atoms with Crippen LogP contribution in [0.3, 0.4) is 0 Å². The van der Waals surface area contributed by atoms with Crippen molar-refractivity contribution in [3.63, 3.8) is 0 Å². The quantitative estimate of drug-likeness (QED) is 0.352. The van der Waals surface area contributed by atoms with Gasteiger partial charge in [-0.15, -0.1) is 0 Å². The highest BCUT2D eigenvalue weighted by atomic mass is 35.5. The Morgan fingerprint density at radius 1 is 1.31 bits per heavy atom. The summed E-state index contributed by atoms with van der Waals surface area (Å²) in [5, 5.41) is 13.7. The maximum Gasteiger partial charge on any atom is 0.295 e. The normalized spacial score (nSPS) is 17.5. The molecule has 39 heavy (non-hydrogen) atoms. The van der Waals surface area contributed by atoms with E-state index in [9.17, 15) is 9.90 Å². The number of carbonyl (C=O) groups is 1. The Morgan fingerprint density at radius 2 is 2.08 bits per heavy atom. The van der Waals surface area contributed by atoms with Crippen molar-refractivity contribution in [1.82, 2.24) is 20.3 Å². The number of nitrogens with zero attached hydrogens (tertiary/aromatic N) is 4. The first kappa shape index (κ1) is 27.2. The summed E-state index contributed by atoms with van der Waals surface area (Å²) in [5.74, 6) is 6.16. The third-order valence-electron chi connectivity index (χ3n) is 7.60. The molecular formula is C28H30ClN7O2S. The molecule has 0 bridgehead atoms. The minimum atomic E-state index is -0.318. The number of aryl methyl sites for hydroxylation is 1. The Morgan fingerprint density at radius 3 is 2.79 bits per heavy atom. The van der Waals surface area contributed by atoms with E-state index in [1.807, 2.05) is 19.1 Å². The lowest BCUT2D eigenvalue weighted by Gasteiger charge is -2.43. The topological polar surface area (TPSA) is 143 Å². The molecule has 2 aliphatic rings. The zero-order chi connectivity index (χ0) is 27.7. The van der Waals surface area contributed by atoms with Crippen molar-refractivity contribution >= 4 is 40.9 Å². The van der Waals surface area contributed by atoms with Crippen LogP contribution in [0.4, 0.5) is 11.6 Å². The van der Waals surface area contributed by atoms with Gasteiger partial charge in [0.15, 0.2) is 5.82 Å². The van der Waals surface area contributed by atoms with Crippen LogP contribution in [0.25, 0.3) is 0 Å². The number of aliphatic hydroxyl groups is 1. The molecule has 1 aliphatic heterocycles. The Labute approximate surface area is 236 Å². The average Bonchev–Trinajstić information content (AvgIpc) is 3.21. The number of rotatable bonds is 4. The number of pyridine rings is 1. The fourth-order valence-electron chi connectivity index (χ4n) is 5.39. The maximum atomic E-state index is 11.5. The number of aromatic nitrogens is 3. The molecule has 3 heterocycles. The zero-order valence-corrected chi connectivity index (χ0v) is 23.4. The summed E-state index contributed by atoms with van der Waals surface area (Å²) in [5.41, 5.74) is 17.0. The predicted molar refractivity (Wildman–Crippen MR) is 152 cm³/mol. The number of amides is 1. The lowest BCUT2D eigenvalue weighted by atomic mass is 9.73. The smallest absolute Gasteiger partial charge is 0.295 e. The summed E-state index contributed by atoms with van der Waals surface area (Å²) in [6.45, 7) is 3.18. The van der Waals surface area contributed by atoms with Crippen LogP contribution in [-0.4, -0.2) is 46.1 Å². The van der Waals surface area contributed by atoms with Gasteiger partial charge in [-0.3, -0.25) is 4.79 Å². The van der Waals surface area contributed by atoms with Gasteiger partial charge in [0, 0.05) is 48.8 Å². The summed E-state index contributed by atoms with van der Waals surface area (Å²) in [6, 6.07) is 7.73. The van der Waals surface area contributed by atoms with E-state index in [0.29, 0.717) is 21.6 Å². The molecule has 1 fully saturated rings. The number of benzene rings is 1. The SMILES string of the molecule is CNC(=O)C#Cc1ccc2c(c1)[C@@H](N)C1(CCN(c3nc(C)c(Sc4ccnc(N)c4Cl)nc3CO)CC1)C2. The van der Waals surface area contributed by atoms with Crippen LogP contribution in [0.2, 0.25) is 5.02 Å². The molecule has 11 heteroatoms. The predicted octanol–water partition coefficient (Wildman–Crippen LogP) is 3.00. The summed E-state index contributed by atoms with van der Waals surface area (Å²) < 4.78 is 0. The van der Waals surface area contributed by atoms with Crippen molar-refractivity contribution in [3.8, 4) is 11.8 Å². The highest BCUT2D eigenvalue weighted by Gasteiger charge is 2.46. The highest BCUT2D eigenvalue weighted by molar-refractivity contribution is 7.99. The fourth-order valence-corrected chi connectivity index (χ4v) is 6.50. The van der Waals surface area contributed by atoms with Gasteiger partial charge in [-0.1, -0.05) is 35.3 Å². The number of aliphatic hydroxyl groups excluding tert-OH is 1. The number of nitrogen functional groups attached to an aromatic ring is 1. The van der Waals surface area contributed by atoms with E-state index in [2.05, 4.69) is 33.1 Å². The Balaban J connectivity index is 1.33. The number of carbonyl (C=O) groups excluding carboxylic acids is 1. The van der Waals surface area contributed by atoms with Gasteiger partial charge in [-0.25, -0.2) is 15.0 Å². The monoisotopic (exact) mass is 563 g/mol. The molecule has 2 aromatic heterocycles. The highest BCUT2D eigenvalue weighted by Crippen LogP contribution is 2.51. The molecule has 202 valence electrons. The van der Waals surface area contributed by atoms with E-state index in [4.69, 9.17) is 33.0 Å². The molecule has 3 aromatic rings. The second-order valence-electron chi connectivity index (χ2n) is 9.90. The van der Waals surface area contributed by atoms with Crippen molar-refractivity contribution in [2.45, 2.75) is 48.8 Å². The second kappa shape index (κ2) is 11.0. The van der Waals surface area contributed by atoms with E-state index < -0.39 is 0 Å². The van der Waals surface area contributed by atoms with Gasteiger partial charge < -0.3 is 26.8 Å². The molecule has 1 aliphatic carbocycles. The first-order valence-electron chi connectivity index (χ1n) is 12.7. The molecule has 5 rings (SSSR count). The molecule has 0 unspecified atom stereocenters. The van der Waals surface area contributed by atoms with Gasteiger partial charge in [0.05, 0.1) is 17.3 Å². The molecule has 1 aromatic carbocycles. The number of nitrogens with one attached hydrogen (secondary N) is 1. The molecule has 1 atom stereocenters. The third kappa shape index (κ3) is 5.28. The van der Waals surface area contributed by atoms with Gasteiger partial charge >= 0.3 is 0 Å². The molecule has 6 N–H and O–H groups in total. The van der Waals surface area contributed by atoms with Crippen LogP contribution in [0.15, 0.2) is 40.4 Å². The summed E-state index contributed by atoms with van der Waals surface area (Å²) in [7, 11) is 1.56. The standard InChI is InChI=1S/C28H30ClN7O2S/c1-16-27(39-21-7-10-33-25(31)23(21)29)35-20(15-37)26(34-16)36-11-8-28(9-12-36)14-18-5-3-17(4-6-22(38)32-2)13-19(18)24(28)30/h3,5,7,10,13,24,37H,8-9,11-12,14-15,30H2,1-2H3,(H2,31,33)(H,32,38)/t24-/m1/s1. The van der Waals surface area contributed by atoms with Crippen molar-refractivity contribution in [1.29, 1.82) is 0 Å². The first-order chi connectivity index (χ1) is 18.7. The number of hydrogen-bond donors (Lipinski definition) is 4. The Kier molecular flexibility index (Phi) is 7.69. The van der Waals surface area contributed by atoms with Crippen molar-refractivity contribution in [2.75, 3.05) is 30.8 Å². The third-order valence-corrected chi connectivity index (χ3v) is 9.25. The fraction of sp³-hybridized carbons (Fsp3) is 0.357. The molecule has 9 nitrogen and oxygen atoms in total. The summed E-state index contributed by atoms with van der Waals surface area (Å²) in [6.07, 6.45) is 4.28. The Hall–Kier alpha value is -3.36. The molecule has 0 saturated carbocycles. The van der Waals surface area contributed by atoms with E-state index >= 15 is 0 Å². The van der Waals surface area contributed by atoms with Crippen LogP contribution in [-0.2, 0) is 17.8 Å². The van der Waals surface area contributed by atoms with Crippen molar-refractivity contribution in [2.24, 2.45) is 11.1 Å². The van der Waals surface area contributed by atoms with Crippen LogP contribution in [0.1, 0.15) is 47.0 Å². The van der Waals surface area contributed by atoms with Crippen molar-refractivity contribution in [3.05, 3.63) is 63.6 Å². The number of anilines is 2. The lowest BCUT2D eigenvalue weighted by molar-refractivity contribution is -0.115.